The molecule has 3 aromatic carbocycles. The van der Waals surface area contributed by atoms with Crippen molar-refractivity contribution in [1.82, 2.24) is 10.2 Å². The fraction of sp³-hybridized carbons (Fsp3) is 0.387. The highest BCUT2D eigenvalue weighted by Crippen LogP contribution is 2.39. The van der Waals surface area contributed by atoms with Crippen molar-refractivity contribution in [2.75, 3.05) is 32.8 Å². The lowest BCUT2D eigenvalue weighted by atomic mass is 9.97. The predicted molar refractivity (Wildman–Crippen MR) is 145 cm³/mol. The van der Waals surface area contributed by atoms with E-state index in [0.717, 1.165) is 72.6 Å². The van der Waals surface area contributed by atoms with Crippen molar-refractivity contribution >= 4 is 5.91 Å². The molecule has 2 aliphatic heterocycles. The van der Waals surface area contributed by atoms with Crippen molar-refractivity contribution in [3.05, 3.63) is 95.1 Å². The SMILES string of the molecule is CC(=O)NCc1ccccc1-c1ccc([C@H]2O[C@@H](CN3CCOCC3)C[C@@H](c3ccc(CO)cc3)O2)cc1. The number of aliphatic hydroxyl groups excluding tert-OH is 1. The number of aliphatic hydroxyl groups is 1. The average Bonchev–Trinajstić information content (AvgIpc) is 2.97. The number of nitrogens with one attached hydrogen (secondary N) is 1. The number of nitrogens with zero attached hydrogens (tertiary/aromatic N) is 1. The van der Waals surface area contributed by atoms with Gasteiger partial charge in [0.15, 0.2) is 6.29 Å². The van der Waals surface area contributed by atoms with Gasteiger partial charge in [0, 0.05) is 45.1 Å². The monoisotopic (exact) mass is 516 g/mol. The standard InChI is InChI=1S/C31H36N2O5/c1-22(35)32-19-27-4-2-3-5-29(27)24-10-12-26(13-11-24)31-37-28(20-33-14-16-36-17-15-33)18-30(38-31)25-8-6-23(21-34)7-9-25/h2-13,28,30-31,34H,14-21H2,1H3,(H,32,35)/t28-,30+,31+/m1/s1. The van der Waals surface area contributed by atoms with Crippen molar-refractivity contribution in [2.24, 2.45) is 0 Å². The van der Waals surface area contributed by atoms with Crippen LogP contribution in [0.5, 0.6) is 0 Å². The van der Waals surface area contributed by atoms with Crippen molar-refractivity contribution in [3.63, 3.8) is 0 Å². The first-order valence-electron chi connectivity index (χ1n) is 13.3. The van der Waals surface area contributed by atoms with Crippen LogP contribution in [0.1, 0.15) is 48.0 Å². The lowest BCUT2D eigenvalue weighted by molar-refractivity contribution is -0.253. The Labute approximate surface area is 224 Å². The first-order valence-corrected chi connectivity index (χ1v) is 13.3. The molecule has 2 fully saturated rings. The van der Waals surface area contributed by atoms with Crippen LogP contribution < -0.4 is 5.32 Å². The Bertz CT molecular complexity index is 1190. The second-order valence-electron chi connectivity index (χ2n) is 9.95. The number of rotatable bonds is 8. The van der Waals surface area contributed by atoms with Crippen LogP contribution in [0.2, 0.25) is 0 Å². The Morgan fingerprint density at radius 1 is 0.947 bits per heavy atom. The van der Waals surface area contributed by atoms with Gasteiger partial charge in [0.2, 0.25) is 5.91 Å². The van der Waals surface area contributed by atoms with Crippen molar-refractivity contribution in [2.45, 2.75) is 45.0 Å². The molecule has 7 nitrogen and oxygen atoms in total. The van der Waals surface area contributed by atoms with Crippen LogP contribution in [0.25, 0.3) is 11.1 Å². The largest absolute Gasteiger partial charge is 0.392 e. The number of benzene rings is 3. The second-order valence-corrected chi connectivity index (χ2v) is 9.95. The maximum absolute atomic E-state index is 11.4. The fourth-order valence-corrected chi connectivity index (χ4v) is 5.10. The van der Waals surface area contributed by atoms with Gasteiger partial charge in [0.25, 0.3) is 0 Å². The van der Waals surface area contributed by atoms with E-state index < -0.39 is 6.29 Å². The molecule has 1 amide bonds. The Morgan fingerprint density at radius 3 is 2.37 bits per heavy atom. The first-order chi connectivity index (χ1) is 18.6. The van der Waals surface area contributed by atoms with E-state index in [1.165, 1.54) is 6.92 Å². The zero-order valence-corrected chi connectivity index (χ0v) is 21.8. The van der Waals surface area contributed by atoms with Crippen LogP contribution in [0, 0.1) is 0 Å². The van der Waals surface area contributed by atoms with Crippen molar-refractivity contribution < 1.29 is 24.1 Å². The molecule has 38 heavy (non-hydrogen) atoms. The minimum absolute atomic E-state index is 0.0208. The van der Waals surface area contributed by atoms with E-state index in [0.29, 0.717) is 6.54 Å². The fourth-order valence-electron chi connectivity index (χ4n) is 5.10. The summed E-state index contributed by atoms with van der Waals surface area (Å²) in [5.74, 6) is -0.0473. The molecule has 0 radical (unpaired) electrons. The summed E-state index contributed by atoms with van der Waals surface area (Å²) in [6.45, 7) is 6.21. The number of ether oxygens (including phenoxy) is 3. The van der Waals surface area contributed by atoms with Crippen LogP contribution in [0.3, 0.4) is 0 Å². The van der Waals surface area contributed by atoms with Crippen molar-refractivity contribution in [1.29, 1.82) is 0 Å². The third-order valence-electron chi connectivity index (χ3n) is 7.22. The van der Waals surface area contributed by atoms with E-state index in [9.17, 15) is 9.90 Å². The summed E-state index contributed by atoms with van der Waals surface area (Å²) in [5, 5.41) is 12.3. The molecule has 0 saturated carbocycles. The summed E-state index contributed by atoms with van der Waals surface area (Å²) < 4.78 is 18.6. The van der Waals surface area contributed by atoms with Gasteiger partial charge >= 0.3 is 0 Å². The maximum Gasteiger partial charge on any atom is 0.217 e. The molecule has 2 heterocycles. The van der Waals surface area contributed by atoms with Crippen LogP contribution in [0.15, 0.2) is 72.8 Å². The van der Waals surface area contributed by atoms with Gasteiger partial charge in [0.1, 0.15) is 0 Å². The Kier molecular flexibility index (Phi) is 8.83. The molecule has 5 rings (SSSR count). The minimum atomic E-state index is -0.485. The molecular weight excluding hydrogens is 480 g/mol. The molecule has 2 aliphatic rings. The van der Waals surface area contributed by atoms with Gasteiger partial charge in [-0.05, 0) is 27.8 Å². The topological polar surface area (TPSA) is 80.3 Å². The summed E-state index contributed by atoms with van der Waals surface area (Å²) in [4.78, 5) is 13.8. The van der Waals surface area contributed by atoms with Crippen LogP contribution in [0.4, 0.5) is 0 Å². The quantitative estimate of drug-likeness (QED) is 0.463. The number of hydrogen-bond acceptors (Lipinski definition) is 6. The van der Waals surface area contributed by atoms with Gasteiger partial charge in [-0.2, -0.15) is 0 Å². The smallest absolute Gasteiger partial charge is 0.217 e. The highest BCUT2D eigenvalue weighted by molar-refractivity contribution is 5.74. The molecule has 3 atom stereocenters. The number of morpholine rings is 1. The number of hydrogen-bond donors (Lipinski definition) is 2. The number of amides is 1. The molecule has 0 spiro atoms. The van der Waals surface area contributed by atoms with Gasteiger partial charge in [-0.3, -0.25) is 9.69 Å². The molecule has 0 unspecified atom stereocenters. The number of carbonyl (C=O) groups is 1. The lowest BCUT2D eigenvalue weighted by Gasteiger charge is -2.39. The lowest BCUT2D eigenvalue weighted by Crippen LogP contribution is -2.44. The Balaban J connectivity index is 1.36. The van der Waals surface area contributed by atoms with E-state index in [1.54, 1.807) is 0 Å². The van der Waals surface area contributed by atoms with Crippen molar-refractivity contribution in [3.8, 4) is 11.1 Å². The summed E-state index contributed by atoms with van der Waals surface area (Å²) >= 11 is 0. The zero-order valence-electron chi connectivity index (χ0n) is 21.8. The molecule has 3 aromatic rings. The highest BCUT2D eigenvalue weighted by atomic mass is 16.7. The van der Waals surface area contributed by atoms with E-state index in [-0.39, 0.29) is 24.7 Å². The van der Waals surface area contributed by atoms with Crippen LogP contribution in [-0.4, -0.2) is 54.9 Å². The summed E-state index contributed by atoms with van der Waals surface area (Å²) in [6.07, 6.45) is 0.194. The molecule has 0 aliphatic carbocycles. The molecule has 200 valence electrons. The van der Waals surface area contributed by atoms with E-state index >= 15 is 0 Å². The summed E-state index contributed by atoms with van der Waals surface area (Å²) in [6, 6.07) is 24.4. The Hall–Kier alpha value is -3.07. The van der Waals surface area contributed by atoms with Crippen LogP contribution >= 0.6 is 0 Å². The molecule has 7 heteroatoms. The third kappa shape index (κ3) is 6.67. The van der Waals surface area contributed by atoms with Gasteiger partial charge in [-0.1, -0.05) is 72.8 Å². The Morgan fingerprint density at radius 2 is 1.66 bits per heavy atom. The zero-order chi connectivity index (χ0) is 26.3. The average molecular weight is 517 g/mol. The first kappa shape index (κ1) is 26.5. The van der Waals surface area contributed by atoms with Gasteiger partial charge in [-0.25, -0.2) is 0 Å². The molecular formula is C31H36N2O5. The van der Waals surface area contributed by atoms with Crippen LogP contribution in [-0.2, 0) is 32.2 Å². The van der Waals surface area contributed by atoms with E-state index in [1.807, 2.05) is 42.5 Å². The molecule has 2 N–H and O–H groups in total. The van der Waals surface area contributed by atoms with E-state index in [2.05, 4.69) is 40.5 Å². The molecule has 0 aromatic heterocycles. The summed E-state index contributed by atoms with van der Waals surface area (Å²) in [7, 11) is 0. The normalized spacial score (nSPS) is 22.2. The number of carbonyl (C=O) groups excluding carboxylic acids is 1. The van der Waals surface area contributed by atoms with E-state index in [4.69, 9.17) is 14.2 Å². The van der Waals surface area contributed by atoms with Gasteiger partial charge < -0.3 is 24.6 Å². The van der Waals surface area contributed by atoms with Gasteiger partial charge in [0.05, 0.1) is 32.0 Å². The molecule has 0 bridgehead atoms. The predicted octanol–water partition coefficient (Wildman–Crippen LogP) is 4.36. The summed E-state index contributed by atoms with van der Waals surface area (Å²) in [5.41, 5.74) is 6.17. The molecule has 2 saturated heterocycles. The van der Waals surface area contributed by atoms with Gasteiger partial charge in [-0.15, -0.1) is 0 Å². The second kappa shape index (κ2) is 12.7. The highest BCUT2D eigenvalue weighted by Gasteiger charge is 2.33. The minimum Gasteiger partial charge on any atom is -0.392 e. The third-order valence-corrected chi connectivity index (χ3v) is 7.22. The maximum atomic E-state index is 11.4.